The van der Waals surface area contributed by atoms with Gasteiger partial charge in [0.2, 0.25) is 6.41 Å². The molecule has 3 aromatic rings. The van der Waals surface area contributed by atoms with E-state index in [0.717, 1.165) is 29.6 Å². The highest BCUT2D eigenvalue weighted by atomic mass is 16.3. The Bertz CT molecular complexity index is 720. The number of aryl methyl sites for hydroxylation is 2. The highest BCUT2D eigenvalue weighted by Crippen LogP contribution is 2.20. The van der Waals surface area contributed by atoms with Gasteiger partial charge in [-0.3, -0.25) is 4.79 Å². The first kappa shape index (κ1) is 12.4. The number of oxazole rings is 1. The molecule has 1 N–H and O–H groups in total. The van der Waals surface area contributed by atoms with Crippen molar-refractivity contribution in [1.29, 1.82) is 0 Å². The van der Waals surface area contributed by atoms with Gasteiger partial charge >= 0.3 is 0 Å². The van der Waals surface area contributed by atoms with Crippen LogP contribution in [0.15, 0.2) is 52.9 Å². The summed E-state index contributed by atoms with van der Waals surface area (Å²) in [6.45, 7) is 0. The summed E-state index contributed by atoms with van der Waals surface area (Å²) in [6, 6.07) is 15.7. The summed E-state index contributed by atoms with van der Waals surface area (Å²) >= 11 is 0. The van der Waals surface area contributed by atoms with Crippen molar-refractivity contribution in [1.82, 2.24) is 4.98 Å². The van der Waals surface area contributed by atoms with Crippen LogP contribution < -0.4 is 5.32 Å². The normalized spacial score (nSPS) is 10.6. The summed E-state index contributed by atoms with van der Waals surface area (Å²) in [5.41, 5.74) is 3.48. The molecule has 0 spiro atoms. The number of hydrogen-bond donors (Lipinski definition) is 1. The lowest BCUT2D eigenvalue weighted by Crippen LogP contribution is -1.92. The average molecular weight is 266 g/mol. The second-order valence-electron chi connectivity index (χ2n) is 4.54. The third-order valence-electron chi connectivity index (χ3n) is 3.13. The summed E-state index contributed by atoms with van der Waals surface area (Å²) in [5.74, 6) is 0.715. The quantitative estimate of drug-likeness (QED) is 0.721. The van der Waals surface area contributed by atoms with Gasteiger partial charge in [0.25, 0.3) is 0 Å². The van der Waals surface area contributed by atoms with Crippen LogP contribution in [-0.2, 0) is 17.6 Å². The van der Waals surface area contributed by atoms with Gasteiger partial charge in [-0.2, -0.15) is 0 Å². The first-order chi connectivity index (χ1) is 9.85. The van der Waals surface area contributed by atoms with Crippen LogP contribution in [0, 0.1) is 0 Å². The molecule has 0 aliphatic heterocycles. The molecule has 4 nitrogen and oxygen atoms in total. The number of nitrogens with zero attached hydrogens (tertiary/aromatic N) is 1. The van der Waals surface area contributed by atoms with Gasteiger partial charge in [-0.05, 0) is 30.2 Å². The summed E-state index contributed by atoms with van der Waals surface area (Å²) in [7, 11) is 0. The maximum absolute atomic E-state index is 10.4. The number of nitrogens with one attached hydrogen (secondary N) is 1. The smallest absolute Gasteiger partial charge is 0.211 e. The molecule has 20 heavy (non-hydrogen) atoms. The van der Waals surface area contributed by atoms with E-state index < -0.39 is 0 Å². The minimum absolute atomic E-state index is 0.650. The highest BCUT2D eigenvalue weighted by Gasteiger charge is 2.06. The molecule has 1 aromatic heterocycles. The van der Waals surface area contributed by atoms with Crippen molar-refractivity contribution < 1.29 is 9.21 Å². The molecule has 2 aromatic carbocycles. The van der Waals surface area contributed by atoms with Crippen molar-refractivity contribution in [3.63, 3.8) is 0 Å². The maximum Gasteiger partial charge on any atom is 0.211 e. The van der Waals surface area contributed by atoms with Crippen LogP contribution in [0.4, 0.5) is 5.69 Å². The number of carbonyl (C=O) groups is 1. The summed E-state index contributed by atoms with van der Waals surface area (Å²) in [5, 5.41) is 2.60. The number of carbonyl (C=O) groups excluding carboxylic acids is 1. The Hall–Kier alpha value is -2.62. The Kier molecular flexibility index (Phi) is 3.46. The highest BCUT2D eigenvalue weighted by molar-refractivity contribution is 5.81. The molecule has 3 rings (SSSR count). The zero-order chi connectivity index (χ0) is 13.8. The van der Waals surface area contributed by atoms with Gasteiger partial charge in [-0.1, -0.05) is 30.3 Å². The predicted octanol–water partition coefficient (Wildman–Crippen LogP) is 3.18. The van der Waals surface area contributed by atoms with Gasteiger partial charge in [0.15, 0.2) is 11.5 Å². The van der Waals surface area contributed by atoms with Crippen molar-refractivity contribution in [3.8, 4) is 0 Å². The van der Waals surface area contributed by atoms with E-state index in [-0.39, 0.29) is 0 Å². The van der Waals surface area contributed by atoms with E-state index in [1.807, 2.05) is 24.3 Å². The van der Waals surface area contributed by atoms with E-state index in [1.165, 1.54) is 5.56 Å². The van der Waals surface area contributed by atoms with Crippen molar-refractivity contribution in [2.45, 2.75) is 12.8 Å². The number of amides is 1. The molecule has 100 valence electrons. The Morgan fingerprint density at radius 1 is 1.10 bits per heavy atom. The van der Waals surface area contributed by atoms with E-state index in [4.69, 9.17) is 4.42 Å². The zero-order valence-electron chi connectivity index (χ0n) is 10.9. The van der Waals surface area contributed by atoms with Crippen LogP contribution in [-0.4, -0.2) is 11.4 Å². The first-order valence-corrected chi connectivity index (χ1v) is 6.49. The molecule has 0 bridgehead atoms. The monoisotopic (exact) mass is 266 g/mol. The standard InChI is InChI=1S/C16H14N2O2/c19-11-17-13-7-8-15-14(10-13)18-16(20-15)9-6-12-4-2-1-3-5-12/h1-5,7-8,10-11H,6,9H2,(H,17,19). The Morgan fingerprint density at radius 3 is 2.75 bits per heavy atom. The van der Waals surface area contributed by atoms with Crippen LogP contribution >= 0.6 is 0 Å². The second kappa shape index (κ2) is 5.57. The van der Waals surface area contributed by atoms with Gasteiger partial charge in [-0.15, -0.1) is 0 Å². The van der Waals surface area contributed by atoms with E-state index in [2.05, 4.69) is 22.4 Å². The number of benzene rings is 2. The van der Waals surface area contributed by atoms with Crippen molar-refractivity contribution in [3.05, 3.63) is 60.0 Å². The van der Waals surface area contributed by atoms with E-state index in [9.17, 15) is 4.79 Å². The third-order valence-corrected chi connectivity index (χ3v) is 3.13. The fourth-order valence-electron chi connectivity index (χ4n) is 2.14. The van der Waals surface area contributed by atoms with Crippen molar-refractivity contribution in [2.24, 2.45) is 0 Å². The maximum atomic E-state index is 10.4. The van der Waals surface area contributed by atoms with Gasteiger partial charge in [0.1, 0.15) is 5.52 Å². The van der Waals surface area contributed by atoms with E-state index >= 15 is 0 Å². The number of rotatable bonds is 5. The lowest BCUT2D eigenvalue weighted by Gasteiger charge is -1.96. The van der Waals surface area contributed by atoms with Gasteiger partial charge in [0.05, 0.1) is 0 Å². The molecule has 1 heterocycles. The summed E-state index contributed by atoms with van der Waals surface area (Å²) in [4.78, 5) is 14.9. The lowest BCUT2D eigenvalue weighted by atomic mass is 10.1. The van der Waals surface area contributed by atoms with Crippen molar-refractivity contribution >= 4 is 23.2 Å². The second-order valence-corrected chi connectivity index (χ2v) is 4.54. The van der Waals surface area contributed by atoms with Gasteiger partial charge in [0, 0.05) is 12.1 Å². The number of anilines is 1. The van der Waals surface area contributed by atoms with Gasteiger partial charge in [-0.25, -0.2) is 4.98 Å². The molecule has 0 unspecified atom stereocenters. The molecule has 0 aliphatic carbocycles. The number of aromatic nitrogens is 1. The topological polar surface area (TPSA) is 55.1 Å². The SMILES string of the molecule is O=CNc1ccc2oc(CCc3ccccc3)nc2c1. The Morgan fingerprint density at radius 2 is 1.95 bits per heavy atom. The first-order valence-electron chi connectivity index (χ1n) is 6.49. The molecule has 0 saturated carbocycles. The van der Waals surface area contributed by atoms with Crippen LogP contribution in [0.1, 0.15) is 11.5 Å². The molecule has 0 saturated heterocycles. The fraction of sp³-hybridized carbons (Fsp3) is 0.125. The molecule has 4 heteroatoms. The Balaban J connectivity index is 1.77. The fourth-order valence-corrected chi connectivity index (χ4v) is 2.14. The van der Waals surface area contributed by atoms with Gasteiger partial charge < -0.3 is 9.73 Å². The van der Waals surface area contributed by atoms with E-state index in [1.54, 1.807) is 12.1 Å². The van der Waals surface area contributed by atoms with Crippen LogP contribution in [0.2, 0.25) is 0 Å². The lowest BCUT2D eigenvalue weighted by molar-refractivity contribution is -0.105. The van der Waals surface area contributed by atoms with Crippen LogP contribution in [0.25, 0.3) is 11.1 Å². The number of fused-ring (bicyclic) bond motifs is 1. The third kappa shape index (κ3) is 2.69. The number of hydrogen-bond acceptors (Lipinski definition) is 3. The zero-order valence-corrected chi connectivity index (χ0v) is 10.9. The largest absolute Gasteiger partial charge is 0.441 e. The van der Waals surface area contributed by atoms with Crippen LogP contribution in [0.5, 0.6) is 0 Å². The van der Waals surface area contributed by atoms with Crippen molar-refractivity contribution in [2.75, 3.05) is 5.32 Å². The minimum Gasteiger partial charge on any atom is -0.441 e. The molecule has 0 atom stereocenters. The molecule has 0 aliphatic rings. The molecule has 1 amide bonds. The summed E-state index contributed by atoms with van der Waals surface area (Å²) in [6.07, 6.45) is 2.31. The molecule has 0 radical (unpaired) electrons. The van der Waals surface area contributed by atoms with E-state index in [0.29, 0.717) is 12.3 Å². The summed E-state index contributed by atoms with van der Waals surface area (Å²) < 4.78 is 5.70. The molecular formula is C16H14N2O2. The Labute approximate surface area is 116 Å². The minimum atomic E-state index is 0.650. The van der Waals surface area contributed by atoms with Crippen LogP contribution in [0.3, 0.4) is 0 Å². The molecule has 0 fully saturated rings. The molecular weight excluding hydrogens is 252 g/mol. The average Bonchev–Trinajstić information content (AvgIpc) is 2.89. The predicted molar refractivity (Wildman–Crippen MR) is 77.5 cm³/mol.